The highest BCUT2D eigenvalue weighted by Crippen LogP contribution is 2.43. The highest BCUT2D eigenvalue weighted by molar-refractivity contribution is 5.98. The Balaban J connectivity index is 1.25. The Labute approximate surface area is 203 Å². The quantitative estimate of drug-likeness (QED) is 0.350. The molecular formula is C29H25NO5. The first-order chi connectivity index (χ1) is 17.2. The summed E-state index contributed by atoms with van der Waals surface area (Å²) in [5.74, 6) is 0.745. The van der Waals surface area contributed by atoms with Gasteiger partial charge in [-0.1, -0.05) is 24.3 Å². The van der Waals surface area contributed by atoms with Crippen molar-refractivity contribution in [2.24, 2.45) is 0 Å². The van der Waals surface area contributed by atoms with Crippen LogP contribution in [0.15, 0.2) is 77.6 Å². The van der Waals surface area contributed by atoms with Gasteiger partial charge in [0.2, 0.25) is 0 Å². The largest absolute Gasteiger partial charge is 0.489 e. The molecular weight excluding hydrogens is 442 g/mol. The minimum Gasteiger partial charge on any atom is -0.489 e. The fourth-order valence-electron chi connectivity index (χ4n) is 5.23. The summed E-state index contributed by atoms with van der Waals surface area (Å²) in [6, 6.07) is 22.3. The third-order valence-electron chi connectivity index (χ3n) is 7.00. The first-order valence-electron chi connectivity index (χ1n) is 11.7. The van der Waals surface area contributed by atoms with Crippen molar-refractivity contribution in [3.63, 3.8) is 0 Å². The van der Waals surface area contributed by atoms with Gasteiger partial charge < -0.3 is 23.4 Å². The van der Waals surface area contributed by atoms with Crippen molar-refractivity contribution >= 4 is 10.8 Å². The summed E-state index contributed by atoms with van der Waals surface area (Å²) in [7, 11) is 1.76. The van der Waals surface area contributed by atoms with Crippen LogP contribution in [-0.2, 0) is 26.4 Å². The van der Waals surface area contributed by atoms with Crippen molar-refractivity contribution in [2.75, 3.05) is 13.7 Å². The first kappa shape index (κ1) is 21.9. The van der Waals surface area contributed by atoms with E-state index < -0.39 is 5.60 Å². The van der Waals surface area contributed by atoms with E-state index in [1.54, 1.807) is 19.6 Å². The molecule has 0 aliphatic carbocycles. The molecule has 0 saturated carbocycles. The average Bonchev–Trinajstić information content (AvgIpc) is 3.56. The summed E-state index contributed by atoms with van der Waals surface area (Å²) in [4.78, 5) is 0. The predicted octanol–water partition coefficient (Wildman–Crippen LogP) is 5.93. The van der Waals surface area contributed by atoms with E-state index in [2.05, 4.69) is 24.3 Å². The maximum Gasteiger partial charge on any atom is 0.161 e. The number of hydrogen-bond donors (Lipinski definition) is 0. The van der Waals surface area contributed by atoms with E-state index in [1.807, 2.05) is 42.5 Å². The van der Waals surface area contributed by atoms with Gasteiger partial charge in [0.25, 0.3) is 0 Å². The Bertz CT molecular complexity index is 1390. The van der Waals surface area contributed by atoms with E-state index in [0.29, 0.717) is 25.2 Å². The summed E-state index contributed by atoms with van der Waals surface area (Å²) in [6.45, 7) is 1.04. The molecule has 3 atom stereocenters. The molecule has 6 rings (SSSR count). The molecule has 3 heterocycles. The number of methoxy groups -OCH3 is 1. The van der Waals surface area contributed by atoms with Crippen molar-refractivity contribution < 1.29 is 23.4 Å². The maximum atomic E-state index is 9.52. The lowest BCUT2D eigenvalue weighted by Crippen LogP contribution is -2.40. The van der Waals surface area contributed by atoms with Gasteiger partial charge in [0.1, 0.15) is 18.0 Å². The van der Waals surface area contributed by atoms with Crippen LogP contribution in [0.5, 0.6) is 5.75 Å². The van der Waals surface area contributed by atoms with Crippen molar-refractivity contribution in [3.8, 4) is 22.9 Å². The minimum absolute atomic E-state index is 0.0662. The van der Waals surface area contributed by atoms with Crippen LogP contribution in [0, 0.1) is 11.3 Å². The molecule has 0 radical (unpaired) electrons. The van der Waals surface area contributed by atoms with Crippen LogP contribution >= 0.6 is 0 Å². The van der Waals surface area contributed by atoms with Crippen LogP contribution in [0.2, 0.25) is 0 Å². The highest BCUT2D eigenvalue weighted by atomic mass is 16.7. The fraction of sp³-hybridized carbons (Fsp3) is 0.276. The Morgan fingerprint density at radius 2 is 2.03 bits per heavy atom. The van der Waals surface area contributed by atoms with Crippen LogP contribution in [0.3, 0.4) is 0 Å². The van der Waals surface area contributed by atoms with Crippen LogP contribution in [0.4, 0.5) is 0 Å². The second kappa shape index (κ2) is 8.86. The van der Waals surface area contributed by atoms with Crippen molar-refractivity contribution in [1.82, 2.24) is 0 Å². The summed E-state index contributed by atoms with van der Waals surface area (Å²) >= 11 is 0. The van der Waals surface area contributed by atoms with Gasteiger partial charge >= 0.3 is 0 Å². The molecule has 0 spiro atoms. The molecule has 2 fully saturated rings. The van der Waals surface area contributed by atoms with Crippen LogP contribution in [0.25, 0.3) is 21.9 Å². The number of nitriles is 1. The molecule has 6 heteroatoms. The van der Waals surface area contributed by atoms with Gasteiger partial charge in [-0.2, -0.15) is 5.26 Å². The van der Waals surface area contributed by atoms with Gasteiger partial charge in [0, 0.05) is 25.5 Å². The molecule has 4 aromatic rings. The number of ether oxygens (including phenoxy) is 4. The Kier molecular flexibility index (Phi) is 5.54. The zero-order valence-corrected chi connectivity index (χ0v) is 19.4. The lowest BCUT2D eigenvalue weighted by atomic mass is 9.83. The zero-order valence-electron chi connectivity index (χ0n) is 19.4. The summed E-state index contributed by atoms with van der Waals surface area (Å²) in [6.07, 6.45) is 4.63. The Morgan fingerprint density at radius 1 is 1.09 bits per heavy atom. The number of nitrogens with zero attached hydrogens (tertiary/aromatic N) is 1. The van der Waals surface area contributed by atoms with Crippen molar-refractivity contribution in [2.45, 2.75) is 37.4 Å². The number of rotatable bonds is 6. The molecule has 0 amide bonds. The molecule has 6 nitrogen and oxygen atoms in total. The van der Waals surface area contributed by atoms with Gasteiger partial charge in [0.15, 0.2) is 6.29 Å². The number of fused-ring (bicyclic) bond motifs is 3. The van der Waals surface area contributed by atoms with E-state index >= 15 is 0 Å². The Morgan fingerprint density at radius 3 is 2.83 bits per heavy atom. The molecule has 35 heavy (non-hydrogen) atoms. The smallest absolute Gasteiger partial charge is 0.161 e. The second-order valence-corrected chi connectivity index (χ2v) is 9.15. The number of furan rings is 1. The summed E-state index contributed by atoms with van der Waals surface area (Å²) in [5.41, 5.74) is 4.26. The minimum atomic E-state index is -0.416. The Hall–Kier alpha value is -3.63. The molecule has 176 valence electrons. The number of benzene rings is 3. The lowest BCUT2D eigenvalue weighted by Gasteiger charge is -2.39. The molecule has 0 N–H and O–H groups in total. The molecule has 2 aliphatic rings. The fourth-order valence-corrected chi connectivity index (χ4v) is 5.23. The summed E-state index contributed by atoms with van der Waals surface area (Å²) < 4.78 is 29.0. The van der Waals surface area contributed by atoms with E-state index in [9.17, 15) is 5.26 Å². The van der Waals surface area contributed by atoms with Crippen molar-refractivity contribution in [3.05, 3.63) is 89.9 Å². The predicted molar refractivity (Wildman–Crippen MR) is 130 cm³/mol. The van der Waals surface area contributed by atoms with E-state index in [-0.39, 0.29) is 12.4 Å². The van der Waals surface area contributed by atoms with Gasteiger partial charge in [-0.25, -0.2) is 0 Å². The SMILES string of the molecule is COC1(c2cccc(COc3ccc4c(-c5ccoc5)cc(C#N)cc4c3)c2)CC2COC(C1)O2. The molecule has 3 unspecified atom stereocenters. The molecule has 2 saturated heterocycles. The maximum absolute atomic E-state index is 9.52. The normalized spacial score (nSPS) is 23.3. The third kappa shape index (κ3) is 4.08. The van der Waals surface area contributed by atoms with Gasteiger partial charge in [-0.05, 0) is 63.9 Å². The van der Waals surface area contributed by atoms with Gasteiger partial charge in [0.05, 0.1) is 36.9 Å². The first-order valence-corrected chi connectivity index (χ1v) is 11.7. The van der Waals surface area contributed by atoms with E-state index in [4.69, 9.17) is 23.4 Å². The van der Waals surface area contributed by atoms with Crippen molar-refractivity contribution in [1.29, 1.82) is 5.26 Å². The zero-order chi connectivity index (χ0) is 23.8. The number of hydrogen-bond acceptors (Lipinski definition) is 6. The monoisotopic (exact) mass is 467 g/mol. The molecule has 3 aromatic carbocycles. The third-order valence-corrected chi connectivity index (χ3v) is 7.00. The summed E-state index contributed by atoms with van der Waals surface area (Å²) in [5, 5.41) is 11.5. The van der Waals surface area contributed by atoms with Crippen LogP contribution < -0.4 is 4.74 Å². The average molecular weight is 468 g/mol. The highest BCUT2D eigenvalue weighted by Gasteiger charge is 2.47. The molecule has 2 aliphatic heterocycles. The van der Waals surface area contributed by atoms with Crippen LogP contribution in [0.1, 0.15) is 29.5 Å². The van der Waals surface area contributed by atoms with Gasteiger partial charge in [-0.3, -0.25) is 0 Å². The standard InChI is InChI=1S/C29H25NO5/c1-31-29(13-25-18-34-28(14-29)35-25)23-4-2-3-19(10-23)16-33-24-5-6-26-22(12-24)9-20(15-30)11-27(26)21-7-8-32-17-21/h2-12,17,25,28H,13-14,16,18H2,1H3. The van der Waals surface area contributed by atoms with Gasteiger partial charge in [-0.15, -0.1) is 0 Å². The lowest BCUT2D eigenvalue weighted by molar-refractivity contribution is -0.171. The van der Waals surface area contributed by atoms with E-state index in [1.165, 1.54) is 0 Å². The van der Waals surface area contributed by atoms with E-state index in [0.717, 1.165) is 45.2 Å². The molecule has 1 aromatic heterocycles. The second-order valence-electron chi connectivity index (χ2n) is 9.15. The topological polar surface area (TPSA) is 73.9 Å². The van der Waals surface area contributed by atoms with Crippen LogP contribution in [-0.4, -0.2) is 26.1 Å². The molecule has 2 bridgehead atoms.